The molecule has 0 spiro atoms. The number of amides is 3. The van der Waals surface area contributed by atoms with Gasteiger partial charge in [0.1, 0.15) is 24.3 Å². The number of hydrazine groups is 1. The topological polar surface area (TPSA) is 160 Å². The van der Waals surface area contributed by atoms with Crippen LogP contribution in [-0.4, -0.2) is 80.4 Å². The molecule has 0 bridgehead atoms. The first-order valence-corrected chi connectivity index (χ1v) is 14.4. The molecule has 3 aromatic rings. The number of ether oxygens (including phenoxy) is 2. The zero-order chi connectivity index (χ0) is 32.3. The van der Waals surface area contributed by atoms with Crippen molar-refractivity contribution in [3.05, 3.63) is 78.4 Å². The number of hydrogen-bond donors (Lipinski definition) is 4. The van der Waals surface area contributed by atoms with Crippen molar-refractivity contribution in [2.45, 2.75) is 71.4 Å². The van der Waals surface area contributed by atoms with Crippen LogP contribution in [0.2, 0.25) is 0 Å². The lowest BCUT2D eigenvalue weighted by Gasteiger charge is -2.32. The van der Waals surface area contributed by atoms with Crippen molar-refractivity contribution in [1.82, 2.24) is 35.8 Å². The zero-order valence-electron chi connectivity index (χ0n) is 26.1. The number of aromatic nitrogens is 3. The number of carbonyl (C=O) groups excluding carboxylic acids is 3. The largest absolute Gasteiger partial charge is 0.453 e. The molecule has 0 aliphatic rings. The number of alkyl carbamates (subject to hydrolysis) is 1. The third-order valence-corrected chi connectivity index (χ3v) is 6.58. The van der Waals surface area contributed by atoms with Gasteiger partial charge in [0.25, 0.3) is 0 Å². The van der Waals surface area contributed by atoms with Gasteiger partial charge >= 0.3 is 12.2 Å². The average molecular weight is 610 g/mol. The van der Waals surface area contributed by atoms with E-state index in [1.54, 1.807) is 56.8 Å². The molecule has 238 valence electrons. The summed E-state index contributed by atoms with van der Waals surface area (Å²) >= 11 is 0. The number of rotatable bonds is 13. The molecule has 1 heterocycles. The van der Waals surface area contributed by atoms with Gasteiger partial charge in [0.05, 0.1) is 19.3 Å². The fourth-order valence-electron chi connectivity index (χ4n) is 4.41. The lowest BCUT2D eigenvalue weighted by Crippen LogP contribution is -2.57. The average Bonchev–Trinajstić information content (AvgIpc) is 3.50. The predicted molar refractivity (Wildman–Crippen MR) is 163 cm³/mol. The molecule has 0 aliphatic heterocycles. The quantitative estimate of drug-likeness (QED) is 0.214. The second kappa shape index (κ2) is 15.8. The molecule has 3 amide bonds. The van der Waals surface area contributed by atoms with Crippen molar-refractivity contribution >= 4 is 18.1 Å². The summed E-state index contributed by atoms with van der Waals surface area (Å²) in [5, 5.41) is 26.2. The van der Waals surface area contributed by atoms with E-state index in [1.165, 1.54) is 7.11 Å². The first-order valence-electron chi connectivity index (χ1n) is 14.4. The minimum atomic E-state index is -1.14. The lowest BCUT2D eigenvalue weighted by atomic mass is 9.98. The Morgan fingerprint density at radius 2 is 1.57 bits per heavy atom. The summed E-state index contributed by atoms with van der Waals surface area (Å²) in [7, 11) is 1.22. The maximum Gasteiger partial charge on any atom is 0.422 e. The molecular formula is C31H43N7O6. The van der Waals surface area contributed by atoms with Crippen LogP contribution in [0.15, 0.2) is 67.3 Å². The number of nitrogens with zero attached hydrogens (tertiary/aromatic N) is 4. The molecule has 0 aliphatic carbocycles. The van der Waals surface area contributed by atoms with Gasteiger partial charge in [0, 0.05) is 18.8 Å². The van der Waals surface area contributed by atoms with E-state index in [0.29, 0.717) is 6.42 Å². The second-order valence-corrected chi connectivity index (χ2v) is 11.8. The van der Waals surface area contributed by atoms with Crippen molar-refractivity contribution < 1.29 is 29.0 Å². The summed E-state index contributed by atoms with van der Waals surface area (Å²) in [5.41, 5.74) is 4.59. The Balaban J connectivity index is 1.84. The number of benzene rings is 2. The zero-order valence-corrected chi connectivity index (χ0v) is 26.1. The number of hydrogen-bond acceptors (Lipinski definition) is 9. The number of nitrogens with one attached hydrogen (secondary N) is 3. The third-order valence-electron chi connectivity index (χ3n) is 6.58. The van der Waals surface area contributed by atoms with Crippen LogP contribution < -0.4 is 16.1 Å². The molecule has 4 N–H and O–H groups in total. The number of carbonyl (C=O) groups is 3. The van der Waals surface area contributed by atoms with Crippen LogP contribution in [0.5, 0.6) is 0 Å². The van der Waals surface area contributed by atoms with Crippen LogP contribution in [0.1, 0.15) is 45.7 Å². The second-order valence-electron chi connectivity index (χ2n) is 11.8. The van der Waals surface area contributed by atoms with Crippen molar-refractivity contribution in [2.24, 2.45) is 5.92 Å². The minimum Gasteiger partial charge on any atom is -0.453 e. The Labute approximate surface area is 257 Å². The van der Waals surface area contributed by atoms with E-state index < -0.39 is 41.9 Å². The Morgan fingerprint density at radius 1 is 0.932 bits per heavy atom. The van der Waals surface area contributed by atoms with Crippen LogP contribution in [0.25, 0.3) is 5.69 Å². The Kier molecular flexibility index (Phi) is 12.2. The van der Waals surface area contributed by atoms with E-state index in [2.05, 4.69) is 26.3 Å². The predicted octanol–water partition coefficient (Wildman–Crippen LogP) is 2.98. The van der Waals surface area contributed by atoms with Crippen LogP contribution in [0, 0.1) is 5.92 Å². The van der Waals surface area contributed by atoms with Gasteiger partial charge in [-0.15, -0.1) is 10.2 Å². The number of methoxy groups -OCH3 is 1. The van der Waals surface area contributed by atoms with E-state index in [0.717, 1.165) is 16.8 Å². The van der Waals surface area contributed by atoms with E-state index in [4.69, 9.17) is 9.47 Å². The van der Waals surface area contributed by atoms with Gasteiger partial charge in [-0.1, -0.05) is 56.3 Å². The maximum atomic E-state index is 13.4. The highest BCUT2D eigenvalue weighted by Crippen LogP contribution is 2.14. The molecule has 0 radical (unpaired) electrons. The lowest BCUT2D eigenvalue weighted by molar-refractivity contribution is -0.125. The van der Waals surface area contributed by atoms with Gasteiger partial charge in [-0.3, -0.25) is 14.8 Å². The number of aliphatic hydroxyl groups excluding tert-OH is 1. The monoisotopic (exact) mass is 609 g/mol. The summed E-state index contributed by atoms with van der Waals surface area (Å²) in [6.07, 6.45) is 0.918. The summed E-state index contributed by atoms with van der Waals surface area (Å²) in [5.74, 6) is -0.725. The molecule has 13 nitrogen and oxygen atoms in total. The summed E-state index contributed by atoms with van der Waals surface area (Å²) in [4.78, 5) is 38.1. The normalized spacial score (nSPS) is 13.6. The van der Waals surface area contributed by atoms with E-state index in [-0.39, 0.29) is 19.0 Å². The highest BCUT2D eigenvalue weighted by Gasteiger charge is 2.31. The van der Waals surface area contributed by atoms with Crippen molar-refractivity contribution in [3.63, 3.8) is 0 Å². The van der Waals surface area contributed by atoms with Gasteiger partial charge in [0.15, 0.2) is 0 Å². The number of aliphatic hydroxyl groups is 1. The Bertz CT molecular complexity index is 1330. The maximum absolute atomic E-state index is 13.4. The van der Waals surface area contributed by atoms with E-state index in [1.807, 2.05) is 54.6 Å². The fourth-order valence-corrected chi connectivity index (χ4v) is 4.41. The molecule has 0 saturated carbocycles. The first kappa shape index (κ1) is 34.0. The van der Waals surface area contributed by atoms with E-state index in [9.17, 15) is 19.5 Å². The first-order chi connectivity index (χ1) is 20.8. The Morgan fingerprint density at radius 3 is 2.14 bits per heavy atom. The van der Waals surface area contributed by atoms with Crippen LogP contribution in [0.3, 0.4) is 0 Å². The molecule has 2 unspecified atom stereocenters. The van der Waals surface area contributed by atoms with Gasteiger partial charge < -0.3 is 25.2 Å². The standard InChI is InChI=1S/C31H43N7O6/c1-21(2)27(35-29(41)43-6)28(40)34-25(16-22-10-8-7-9-11-22)26(39)18-38(36-30(42)44-31(3,4)5)17-23-12-14-24(15-13-23)37-19-32-33-20-37/h7-15,19-21,25-27,39H,16-18H2,1-6H3,(H,34,40)(H,35,41)(H,36,42)/t25?,26?,27-/m0/s1. The molecule has 13 heteroatoms. The summed E-state index contributed by atoms with van der Waals surface area (Å²) < 4.78 is 11.9. The molecule has 2 aromatic carbocycles. The molecule has 0 saturated heterocycles. The summed E-state index contributed by atoms with van der Waals surface area (Å²) in [6.45, 7) is 9.04. The van der Waals surface area contributed by atoms with Crippen LogP contribution in [0.4, 0.5) is 9.59 Å². The van der Waals surface area contributed by atoms with Crippen LogP contribution in [-0.2, 0) is 27.2 Å². The minimum absolute atomic E-state index is 0.0546. The van der Waals surface area contributed by atoms with Crippen molar-refractivity contribution in [3.8, 4) is 5.69 Å². The molecule has 1 aromatic heterocycles. The van der Waals surface area contributed by atoms with Crippen LogP contribution >= 0.6 is 0 Å². The summed E-state index contributed by atoms with van der Waals surface area (Å²) in [6, 6.07) is 15.3. The highest BCUT2D eigenvalue weighted by molar-refractivity contribution is 5.86. The van der Waals surface area contributed by atoms with Gasteiger partial charge in [0.2, 0.25) is 5.91 Å². The molecule has 44 heavy (non-hydrogen) atoms. The van der Waals surface area contributed by atoms with E-state index >= 15 is 0 Å². The molecule has 3 rings (SSSR count). The fraction of sp³-hybridized carbons (Fsp3) is 0.452. The highest BCUT2D eigenvalue weighted by atomic mass is 16.6. The van der Waals surface area contributed by atoms with Gasteiger partial charge in [-0.2, -0.15) is 0 Å². The van der Waals surface area contributed by atoms with Crippen molar-refractivity contribution in [1.29, 1.82) is 0 Å². The van der Waals surface area contributed by atoms with Gasteiger partial charge in [-0.05, 0) is 56.4 Å². The smallest absolute Gasteiger partial charge is 0.422 e. The Hall–Kier alpha value is -4.49. The van der Waals surface area contributed by atoms with Gasteiger partial charge in [-0.25, -0.2) is 14.6 Å². The van der Waals surface area contributed by atoms with Crippen molar-refractivity contribution in [2.75, 3.05) is 13.7 Å². The molecule has 3 atom stereocenters. The third kappa shape index (κ3) is 11.0. The molecule has 0 fully saturated rings. The molecular weight excluding hydrogens is 566 g/mol. The SMILES string of the molecule is COC(=O)N[C@H](C(=O)NC(Cc1ccccc1)C(O)CN(Cc1ccc(-n2cnnc2)cc1)NC(=O)OC(C)(C)C)C(C)C.